The molecule has 0 unspecified atom stereocenters. The molecule has 0 saturated heterocycles. The Bertz CT molecular complexity index is 1420. The van der Waals surface area contributed by atoms with Gasteiger partial charge >= 0.3 is 0 Å². The van der Waals surface area contributed by atoms with Crippen LogP contribution in [0, 0.1) is 6.92 Å². The van der Waals surface area contributed by atoms with Gasteiger partial charge in [0, 0.05) is 19.0 Å². The van der Waals surface area contributed by atoms with Gasteiger partial charge in [0.2, 0.25) is 21.8 Å². The molecule has 10 heteroatoms. The van der Waals surface area contributed by atoms with E-state index in [0.717, 1.165) is 27.3 Å². The van der Waals surface area contributed by atoms with Crippen LogP contribution in [-0.4, -0.2) is 50.0 Å². The van der Waals surface area contributed by atoms with E-state index in [9.17, 15) is 18.0 Å². The molecule has 0 heterocycles. The summed E-state index contributed by atoms with van der Waals surface area (Å²) in [5, 5.41) is 3.10. The van der Waals surface area contributed by atoms with Gasteiger partial charge in [0.15, 0.2) is 0 Å². The highest BCUT2D eigenvalue weighted by atomic mass is 35.5. The van der Waals surface area contributed by atoms with Crippen LogP contribution in [0.3, 0.4) is 0 Å². The molecule has 1 atom stereocenters. The molecule has 3 aromatic rings. The third-order valence-corrected chi connectivity index (χ3v) is 8.12. The maximum atomic E-state index is 14.1. The Morgan fingerprint density at radius 2 is 1.56 bits per heavy atom. The van der Waals surface area contributed by atoms with Gasteiger partial charge in [0.1, 0.15) is 12.6 Å². The molecule has 0 aromatic heterocycles. The highest BCUT2D eigenvalue weighted by Crippen LogP contribution is 2.34. The number of sulfonamides is 1. The summed E-state index contributed by atoms with van der Waals surface area (Å²) in [5.41, 5.74) is 2.73. The summed E-state index contributed by atoms with van der Waals surface area (Å²) in [6.07, 6.45) is 1.24. The zero-order chi connectivity index (χ0) is 28.7. The van der Waals surface area contributed by atoms with E-state index in [1.54, 1.807) is 6.07 Å². The van der Waals surface area contributed by atoms with Crippen molar-refractivity contribution >= 4 is 50.7 Å². The number of carbonyl (C=O) groups excluding carboxylic acids is 2. The highest BCUT2D eigenvalue weighted by Gasteiger charge is 2.34. The van der Waals surface area contributed by atoms with Gasteiger partial charge in [-0.1, -0.05) is 83.9 Å². The van der Waals surface area contributed by atoms with Crippen molar-refractivity contribution in [3.63, 3.8) is 0 Å². The summed E-state index contributed by atoms with van der Waals surface area (Å²) in [6.45, 7) is 5.16. The molecule has 0 fully saturated rings. The Kier molecular flexibility index (Phi) is 10.4. The molecular weight excluding hydrogens is 557 g/mol. The minimum atomic E-state index is -3.95. The van der Waals surface area contributed by atoms with E-state index in [2.05, 4.69) is 5.32 Å². The van der Waals surface area contributed by atoms with Gasteiger partial charge < -0.3 is 10.2 Å². The van der Waals surface area contributed by atoms with Gasteiger partial charge in [-0.25, -0.2) is 8.42 Å². The predicted octanol–water partition coefficient (Wildman–Crippen LogP) is 5.23. The number of benzene rings is 3. The summed E-state index contributed by atoms with van der Waals surface area (Å²) >= 11 is 12.5. The van der Waals surface area contributed by atoms with Crippen molar-refractivity contribution in [1.29, 1.82) is 0 Å². The maximum absolute atomic E-state index is 14.1. The average molecular weight is 591 g/mol. The largest absolute Gasteiger partial charge is 0.352 e. The van der Waals surface area contributed by atoms with Gasteiger partial charge in [-0.15, -0.1) is 0 Å². The lowest BCUT2D eigenvalue weighted by atomic mass is 10.0. The molecular formula is C29H33Cl2N3O4S. The summed E-state index contributed by atoms with van der Waals surface area (Å²) in [5.74, 6) is -0.887. The molecule has 3 aromatic carbocycles. The molecule has 0 radical (unpaired) electrons. The van der Waals surface area contributed by atoms with E-state index in [1.807, 2.05) is 75.4 Å². The fraction of sp³-hybridized carbons (Fsp3) is 0.310. The average Bonchev–Trinajstić information content (AvgIpc) is 2.87. The smallest absolute Gasteiger partial charge is 0.244 e. The lowest BCUT2D eigenvalue weighted by Crippen LogP contribution is -2.54. The number of halogens is 2. The minimum absolute atomic E-state index is 0.0150. The van der Waals surface area contributed by atoms with E-state index < -0.39 is 28.5 Å². The second-order valence-corrected chi connectivity index (χ2v) is 12.4. The molecule has 1 N–H and O–H groups in total. The van der Waals surface area contributed by atoms with Gasteiger partial charge in [-0.3, -0.25) is 13.9 Å². The van der Waals surface area contributed by atoms with Gasteiger partial charge in [-0.2, -0.15) is 0 Å². The standard InChI is InChI=1S/C29H33Cl2N3O4S/c1-20(2)32-29(36)26(17-22-12-6-5-7-13-22)33(18-23-14-9-8-11-21(23)3)27(35)19-34(39(4,37)38)25-16-10-15-24(30)28(25)31/h5-16,20,26H,17-19H2,1-4H3,(H,32,36)/t26-/m0/s1. The van der Waals surface area contributed by atoms with Crippen LogP contribution in [-0.2, 0) is 32.6 Å². The fourth-order valence-electron chi connectivity index (χ4n) is 4.19. The first-order valence-corrected chi connectivity index (χ1v) is 15.1. The van der Waals surface area contributed by atoms with E-state index >= 15 is 0 Å². The van der Waals surface area contributed by atoms with Crippen LogP contribution in [0.5, 0.6) is 0 Å². The lowest BCUT2D eigenvalue weighted by Gasteiger charge is -2.34. The zero-order valence-electron chi connectivity index (χ0n) is 22.4. The molecule has 39 heavy (non-hydrogen) atoms. The van der Waals surface area contributed by atoms with Crippen molar-refractivity contribution in [1.82, 2.24) is 10.2 Å². The number of hydrogen-bond acceptors (Lipinski definition) is 4. The highest BCUT2D eigenvalue weighted by molar-refractivity contribution is 7.92. The molecule has 0 saturated carbocycles. The number of rotatable bonds is 11. The first kappa shape index (κ1) is 30.5. The van der Waals surface area contributed by atoms with Crippen molar-refractivity contribution in [2.75, 3.05) is 17.1 Å². The van der Waals surface area contributed by atoms with Crippen LogP contribution >= 0.6 is 23.2 Å². The first-order chi connectivity index (χ1) is 18.4. The summed E-state index contributed by atoms with van der Waals surface area (Å²) < 4.78 is 26.7. The second kappa shape index (κ2) is 13.3. The van der Waals surface area contributed by atoms with Crippen molar-refractivity contribution < 1.29 is 18.0 Å². The Morgan fingerprint density at radius 1 is 0.923 bits per heavy atom. The Balaban J connectivity index is 2.09. The fourth-order valence-corrected chi connectivity index (χ4v) is 5.49. The number of anilines is 1. The van der Waals surface area contributed by atoms with Crippen molar-refractivity contribution in [3.8, 4) is 0 Å². The number of aryl methyl sites for hydroxylation is 1. The van der Waals surface area contributed by atoms with E-state index in [4.69, 9.17) is 23.2 Å². The molecule has 0 aliphatic heterocycles. The number of hydrogen-bond donors (Lipinski definition) is 1. The first-order valence-electron chi connectivity index (χ1n) is 12.5. The number of nitrogens with zero attached hydrogens (tertiary/aromatic N) is 2. The van der Waals surface area contributed by atoms with Gasteiger partial charge in [0.25, 0.3) is 0 Å². The molecule has 208 valence electrons. The number of amides is 2. The van der Waals surface area contributed by atoms with Crippen molar-refractivity contribution in [2.45, 2.75) is 45.8 Å². The summed E-state index contributed by atoms with van der Waals surface area (Å²) in [6, 6.07) is 20.5. The predicted molar refractivity (Wildman–Crippen MR) is 158 cm³/mol. The topological polar surface area (TPSA) is 86.8 Å². The molecule has 0 aliphatic carbocycles. The Hall–Kier alpha value is -3.07. The molecule has 0 spiro atoms. The van der Waals surface area contributed by atoms with Crippen LogP contribution in [0.1, 0.15) is 30.5 Å². The number of nitrogens with one attached hydrogen (secondary N) is 1. The van der Waals surface area contributed by atoms with Gasteiger partial charge in [-0.05, 0) is 49.6 Å². The second-order valence-electron chi connectivity index (χ2n) is 9.66. The van der Waals surface area contributed by atoms with E-state index in [-0.39, 0.29) is 40.6 Å². The minimum Gasteiger partial charge on any atom is -0.352 e. The molecule has 0 aliphatic rings. The van der Waals surface area contributed by atoms with Crippen LogP contribution in [0.4, 0.5) is 5.69 Å². The molecule has 7 nitrogen and oxygen atoms in total. The van der Waals surface area contributed by atoms with Crippen LogP contribution in [0.15, 0.2) is 72.8 Å². The lowest BCUT2D eigenvalue weighted by molar-refractivity contribution is -0.140. The normalized spacial score (nSPS) is 12.2. The van der Waals surface area contributed by atoms with Crippen LogP contribution in [0.2, 0.25) is 10.0 Å². The Labute approximate surface area is 240 Å². The maximum Gasteiger partial charge on any atom is 0.244 e. The number of carbonyl (C=O) groups is 2. The zero-order valence-corrected chi connectivity index (χ0v) is 24.7. The SMILES string of the molecule is Cc1ccccc1CN(C(=O)CN(c1cccc(Cl)c1Cl)S(C)(=O)=O)[C@@H](Cc1ccccc1)C(=O)NC(C)C. The molecule has 3 rings (SSSR count). The van der Waals surface area contributed by atoms with Gasteiger partial charge in [0.05, 0.1) is 22.0 Å². The monoisotopic (exact) mass is 589 g/mol. The molecule has 2 amide bonds. The third-order valence-electron chi connectivity index (χ3n) is 6.18. The summed E-state index contributed by atoms with van der Waals surface area (Å²) in [4.78, 5) is 29.1. The van der Waals surface area contributed by atoms with E-state index in [0.29, 0.717) is 0 Å². The quantitative estimate of drug-likeness (QED) is 0.331. The van der Waals surface area contributed by atoms with Crippen LogP contribution < -0.4 is 9.62 Å². The Morgan fingerprint density at radius 3 is 2.18 bits per heavy atom. The van der Waals surface area contributed by atoms with Crippen molar-refractivity contribution in [2.24, 2.45) is 0 Å². The summed E-state index contributed by atoms with van der Waals surface area (Å²) in [7, 11) is -3.95. The van der Waals surface area contributed by atoms with Crippen LogP contribution in [0.25, 0.3) is 0 Å². The third kappa shape index (κ3) is 8.21. The van der Waals surface area contributed by atoms with Crippen molar-refractivity contribution in [3.05, 3.63) is 99.5 Å². The molecule has 0 bridgehead atoms. The van der Waals surface area contributed by atoms with E-state index in [1.165, 1.54) is 17.0 Å².